The van der Waals surface area contributed by atoms with E-state index in [9.17, 15) is 4.39 Å². The van der Waals surface area contributed by atoms with Gasteiger partial charge in [0, 0.05) is 12.6 Å². The zero-order valence-corrected chi connectivity index (χ0v) is 11.2. The van der Waals surface area contributed by atoms with Crippen LogP contribution in [-0.4, -0.2) is 31.1 Å². The van der Waals surface area contributed by atoms with E-state index in [-0.39, 0.29) is 5.82 Å². The van der Waals surface area contributed by atoms with Gasteiger partial charge in [0.25, 0.3) is 0 Å². The number of benzene rings is 1. The molecule has 0 amide bonds. The summed E-state index contributed by atoms with van der Waals surface area (Å²) in [6, 6.07) is 7.46. The predicted molar refractivity (Wildman–Crippen MR) is 73.0 cm³/mol. The molecule has 1 saturated heterocycles. The molecule has 2 nitrogen and oxygen atoms in total. The van der Waals surface area contributed by atoms with E-state index in [1.54, 1.807) is 0 Å². The number of hydrogen-bond acceptors (Lipinski definition) is 2. The van der Waals surface area contributed by atoms with Crippen molar-refractivity contribution in [3.63, 3.8) is 0 Å². The average molecular weight is 250 g/mol. The van der Waals surface area contributed by atoms with E-state index in [0.717, 1.165) is 24.7 Å². The molecule has 1 aromatic carbocycles. The number of hydrogen-bond donors (Lipinski definition) is 1. The Morgan fingerprint density at radius 1 is 1.28 bits per heavy atom. The van der Waals surface area contributed by atoms with Gasteiger partial charge in [-0.25, -0.2) is 4.39 Å². The summed E-state index contributed by atoms with van der Waals surface area (Å²) >= 11 is 0. The van der Waals surface area contributed by atoms with Crippen LogP contribution >= 0.6 is 0 Å². The van der Waals surface area contributed by atoms with Crippen molar-refractivity contribution in [3.8, 4) is 0 Å². The first-order valence-corrected chi connectivity index (χ1v) is 6.91. The maximum atomic E-state index is 12.7. The second-order valence-electron chi connectivity index (χ2n) is 5.22. The van der Waals surface area contributed by atoms with Gasteiger partial charge in [0.1, 0.15) is 5.82 Å². The smallest absolute Gasteiger partial charge is 0.123 e. The second kappa shape index (κ2) is 6.86. The highest BCUT2D eigenvalue weighted by Crippen LogP contribution is 2.17. The normalized spacial score (nSPS) is 21.1. The third-order valence-electron chi connectivity index (χ3n) is 3.82. The van der Waals surface area contributed by atoms with Gasteiger partial charge in [-0.2, -0.15) is 0 Å². The molecule has 0 spiro atoms. The van der Waals surface area contributed by atoms with E-state index in [1.807, 2.05) is 12.1 Å². The maximum Gasteiger partial charge on any atom is 0.123 e. The lowest BCUT2D eigenvalue weighted by Gasteiger charge is -2.32. The van der Waals surface area contributed by atoms with E-state index in [4.69, 9.17) is 0 Å². The van der Waals surface area contributed by atoms with Crippen LogP contribution in [0, 0.1) is 5.82 Å². The van der Waals surface area contributed by atoms with E-state index in [0.29, 0.717) is 0 Å². The molecule has 1 atom stereocenters. The Balaban J connectivity index is 1.65. The Bertz CT molecular complexity index is 350. The van der Waals surface area contributed by atoms with Gasteiger partial charge in [0.15, 0.2) is 0 Å². The van der Waals surface area contributed by atoms with Gasteiger partial charge < -0.3 is 10.2 Å². The molecule has 0 saturated carbocycles. The van der Waals surface area contributed by atoms with Crippen LogP contribution in [0.1, 0.15) is 31.2 Å². The minimum atomic E-state index is -0.164. The molecule has 100 valence electrons. The van der Waals surface area contributed by atoms with Crippen molar-refractivity contribution in [2.45, 2.75) is 38.3 Å². The maximum absolute atomic E-state index is 12.7. The Labute approximate surface area is 109 Å². The summed E-state index contributed by atoms with van der Waals surface area (Å²) in [5.41, 5.74) is 1.15. The van der Waals surface area contributed by atoms with Crippen molar-refractivity contribution in [2.24, 2.45) is 0 Å². The fourth-order valence-corrected chi connectivity index (χ4v) is 2.61. The van der Waals surface area contributed by atoms with Crippen molar-refractivity contribution in [1.29, 1.82) is 0 Å². The molecule has 1 aliphatic rings. The van der Waals surface area contributed by atoms with E-state index in [2.05, 4.69) is 17.3 Å². The number of halogens is 1. The lowest BCUT2D eigenvalue weighted by Crippen LogP contribution is -2.38. The first-order valence-electron chi connectivity index (χ1n) is 6.91. The molecule has 3 heteroatoms. The standard InChI is InChI=1S/C15H23FN2/c1-18-11-3-2-4-15(18)9-10-17-12-13-5-7-14(16)8-6-13/h5-8,15,17H,2-4,9-12H2,1H3. The Morgan fingerprint density at radius 3 is 2.78 bits per heavy atom. The monoisotopic (exact) mass is 250 g/mol. The fraction of sp³-hybridized carbons (Fsp3) is 0.600. The van der Waals surface area contributed by atoms with Crippen LogP contribution in [0.4, 0.5) is 4.39 Å². The topological polar surface area (TPSA) is 15.3 Å². The van der Waals surface area contributed by atoms with Gasteiger partial charge in [-0.05, 0) is 57.1 Å². The van der Waals surface area contributed by atoms with Crippen LogP contribution < -0.4 is 5.32 Å². The molecule has 0 bridgehead atoms. The number of likely N-dealkylation sites (tertiary alicyclic amines) is 1. The van der Waals surface area contributed by atoms with Gasteiger partial charge in [-0.1, -0.05) is 18.6 Å². The largest absolute Gasteiger partial charge is 0.313 e. The highest BCUT2D eigenvalue weighted by Gasteiger charge is 2.17. The lowest BCUT2D eigenvalue weighted by molar-refractivity contribution is 0.175. The number of piperidine rings is 1. The molecule has 1 heterocycles. The lowest BCUT2D eigenvalue weighted by atomic mass is 10.0. The fourth-order valence-electron chi connectivity index (χ4n) is 2.61. The van der Waals surface area contributed by atoms with E-state index < -0.39 is 0 Å². The summed E-state index contributed by atoms with van der Waals surface area (Å²) in [6.07, 6.45) is 5.25. The highest BCUT2D eigenvalue weighted by atomic mass is 19.1. The summed E-state index contributed by atoms with van der Waals surface area (Å²) < 4.78 is 12.7. The molecule has 1 aliphatic heterocycles. The zero-order chi connectivity index (χ0) is 12.8. The minimum Gasteiger partial charge on any atom is -0.313 e. The van der Waals surface area contributed by atoms with Gasteiger partial charge >= 0.3 is 0 Å². The molecular weight excluding hydrogens is 227 g/mol. The first kappa shape index (κ1) is 13.5. The quantitative estimate of drug-likeness (QED) is 0.808. The van der Waals surface area contributed by atoms with Crippen molar-refractivity contribution < 1.29 is 4.39 Å². The molecule has 2 rings (SSSR count). The summed E-state index contributed by atoms with van der Waals surface area (Å²) in [7, 11) is 2.23. The van der Waals surface area contributed by atoms with Crippen LogP contribution in [0.3, 0.4) is 0 Å². The van der Waals surface area contributed by atoms with Crippen molar-refractivity contribution in [1.82, 2.24) is 10.2 Å². The van der Waals surface area contributed by atoms with Crippen LogP contribution in [0.15, 0.2) is 24.3 Å². The molecule has 1 aromatic rings. The molecule has 1 N–H and O–H groups in total. The molecule has 1 fully saturated rings. The van der Waals surface area contributed by atoms with Crippen molar-refractivity contribution >= 4 is 0 Å². The van der Waals surface area contributed by atoms with Gasteiger partial charge in [0.05, 0.1) is 0 Å². The molecule has 18 heavy (non-hydrogen) atoms. The Hall–Kier alpha value is -0.930. The summed E-state index contributed by atoms with van der Waals surface area (Å²) in [4.78, 5) is 2.48. The zero-order valence-electron chi connectivity index (χ0n) is 11.2. The molecule has 1 unspecified atom stereocenters. The summed E-state index contributed by atoms with van der Waals surface area (Å²) in [6.45, 7) is 3.10. The first-order chi connectivity index (χ1) is 8.75. The molecular formula is C15H23FN2. The van der Waals surface area contributed by atoms with Crippen LogP contribution in [0.5, 0.6) is 0 Å². The average Bonchev–Trinajstić information content (AvgIpc) is 2.39. The number of nitrogens with one attached hydrogen (secondary N) is 1. The minimum absolute atomic E-state index is 0.164. The predicted octanol–water partition coefficient (Wildman–Crippen LogP) is 2.79. The van der Waals surface area contributed by atoms with Gasteiger partial charge in [0.2, 0.25) is 0 Å². The van der Waals surface area contributed by atoms with Crippen molar-refractivity contribution in [2.75, 3.05) is 20.1 Å². The van der Waals surface area contributed by atoms with E-state index >= 15 is 0 Å². The van der Waals surface area contributed by atoms with Crippen molar-refractivity contribution in [3.05, 3.63) is 35.6 Å². The molecule has 0 aromatic heterocycles. The Morgan fingerprint density at radius 2 is 2.06 bits per heavy atom. The van der Waals surface area contributed by atoms with Crippen LogP contribution in [0.2, 0.25) is 0 Å². The SMILES string of the molecule is CN1CCCCC1CCNCc1ccc(F)cc1. The third-order valence-corrected chi connectivity index (χ3v) is 3.82. The van der Waals surface area contributed by atoms with Gasteiger partial charge in [-0.3, -0.25) is 0 Å². The molecule has 0 radical (unpaired) electrons. The summed E-state index contributed by atoms with van der Waals surface area (Å²) in [5.74, 6) is -0.164. The second-order valence-corrected chi connectivity index (χ2v) is 5.22. The summed E-state index contributed by atoms with van der Waals surface area (Å²) in [5, 5.41) is 3.44. The van der Waals surface area contributed by atoms with Crippen LogP contribution in [0.25, 0.3) is 0 Å². The third kappa shape index (κ3) is 4.07. The number of nitrogens with zero attached hydrogens (tertiary/aromatic N) is 1. The Kier molecular flexibility index (Phi) is 5.14. The highest BCUT2D eigenvalue weighted by molar-refractivity contribution is 5.15. The number of rotatable bonds is 5. The van der Waals surface area contributed by atoms with Crippen LogP contribution in [-0.2, 0) is 6.54 Å². The van der Waals surface area contributed by atoms with E-state index in [1.165, 1.54) is 44.4 Å². The molecule has 0 aliphatic carbocycles. The van der Waals surface area contributed by atoms with Gasteiger partial charge in [-0.15, -0.1) is 0 Å².